The van der Waals surface area contributed by atoms with E-state index in [1.165, 1.54) is 0 Å². The van der Waals surface area contributed by atoms with Crippen LogP contribution in [0.25, 0.3) is 0 Å². The summed E-state index contributed by atoms with van der Waals surface area (Å²) in [7, 11) is -3.33. The Morgan fingerprint density at radius 2 is 1.91 bits per heavy atom. The molecule has 0 radical (unpaired) electrons. The van der Waals surface area contributed by atoms with Gasteiger partial charge in [-0.25, -0.2) is 17.9 Å². The third kappa shape index (κ3) is 10.5. The maximum absolute atomic E-state index is 11.6. The van der Waals surface area contributed by atoms with Gasteiger partial charge in [0.25, 0.3) is 0 Å². The Balaban J connectivity index is 2.29. The maximum atomic E-state index is 11.6. The molecule has 136 valence electrons. The molecule has 0 aromatic carbocycles. The van der Waals surface area contributed by atoms with E-state index in [2.05, 4.69) is 10.0 Å². The molecule has 0 amide bonds. The minimum Gasteiger partial charge on any atom is -0.434 e. The highest BCUT2D eigenvalue weighted by Crippen LogP contribution is 2.12. The van der Waals surface area contributed by atoms with Crippen molar-refractivity contribution in [3.63, 3.8) is 0 Å². The van der Waals surface area contributed by atoms with Crippen LogP contribution < -0.4 is 10.0 Å². The lowest BCUT2D eigenvalue weighted by molar-refractivity contribution is -0.0401. The fourth-order valence-electron chi connectivity index (χ4n) is 2.21. The molecule has 0 aromatic rings. The molecule has 1 heterocycles. The summed E-state index contributed by atoms with van der Waals surface area (Å²) in [6.45, 7) is 5.84. The smallest absolute Gasteiger partial charge is 0.434 e. The Labute approximate surface area is 138 Å². The average molecular weight is 352 g/mol. The normalized spacial score (nSPS) is 17.9. The predicted molar refractivity (Wildman–Crippen MR) is 85.7 cm³/mol. The van der Waals surface area contributed by atoms with Gasteiger partial charge in [-0.05, 0) is 45.7 Å². The highest BCUT2D eigenvalue weighted by Gasteiger charge is 2.19. The first kappa shape index (κ1) is 20.1. The number of nitrogens with one attached hydrogen (secondary N) is 2. The summed E-state index contributed by atoms with van der Waals surface area (Å²) in [6, 6.07) is 0. The van der Waals surface area contributed by atoms with E-state index in [9.17, 15) is 13.2 Å². The molecular formula is C14H28N2O6S. The second-order valence-corrected chi connectivity index (χ2v) is 7.83. The van der Waals surface area contributed by atoms with E-state index in [1.807, 2.05) is 13.8 Å². The minimum atomic E-state index is -3.33. The van der Waals surface area contributed by atoms with E-state index in [-0.39, 0.29) is 19.3 Å². The second-order valence-electron chi connectivity index (χ2n) is 5.99. The predicted octanol–water partition coefficient (Wildman–Crippen LogP) is 0.482. The van der Waals surface area contributed by atoms with Crippen molar-refractivity contribution in [3.8, 4) is 0 Å². The molecule has 0 aliphatic carbocycles. The third-order valence-corrected chi connectivity index (χ3v) is 4.01. The number of ether oxygens (including phenoxy) is 3. The van der Waals surface area contributed by atoms with E-state index in [4.69, 9.17) is 14.2 Å². The minimum absolute atomic E-state index is 0.0403. The van der Waals surface area contributed by atoms with Gasteiger partial charge in [-0.2, -0.15) is 0 Å². The van der Waals surface area contributed by atoms with E-state index in [1.54, 1.807) is 0 Å². The van der Waals surface area contributed by atoms with Crippen molar-refractivity contribution < 1.29 is 27.4 Å². The number of hydrogen-bond acceptors (Lipinski definition) is 7. The number of piperidine rings is 1. The summed E-state index contributed by atoms with van der Waals surface area (Å²) in [5.41, 5.74) is 0. The largest absolute Gasteiger partial charge is 0.508 e. The lowest BCUT2D eigenvalue weighted by Gasteiger charge is -2.23. The zero-order valence-electron chi connectivity index (χ0n) is 14.0. The van der Waals surface area contributed by atoms with Crippen molar-refractivity contribution >= 4 is 16.2 Å². The molecule has 0 saturated carbocycles. The van der Waals surface area contributed by atoms with E-state index in [0.717, 1.165) is 32.2 Å². The van der Waals surface area contributed by atoms with Crippen molar-refractivity contribution in [2.24, 2.45) is 5.92 Å². The quantitative estimate of drug-likeness (QED) is 0.582. The van der Waals surface area contributed by atoms with E-state index >= 15 is 0 Å². The van der Waals surface area contributed by atoms with Gasteiger partial charge in [0.05, 0.1) is 19.0 Å². The molecule has 1 aliphatic rings. The number of carbonyl (C=O) groups is 1. The van der Waals surface area contributed by atoms with Gasteiger partial charge in [-0.1, -0.05) is 0 Å². The van der Waals surface area contributed by atoms with E-state index in [0.29, 0.717) is 12.5 Å². The van der Waals surface area contributed by atoms with Gasteiger partial charge in [-0.3, -0.25) is 0 Å². The summed E-state index contributed by atoms with van der Waals surface area (Å²) >= 11 is 0. The van der Waals surface area contributed by atoms with Gasteiger partial charge in [0.2, 0.25) is 10.0 Å². The molecule has 0 bridgehead atoms. The molecule has 0 spiro atoms. The first-order valence-corrected chi connectivity index (χ1v) is 9.75. The van der Waals surface area contributed by atoms with Crippen LogP contribution in [-0.2, 0) is 24.2 Å². The second kappa shape index (κ2) is 10.1. The van der Waals surface area contributed by atoms with Crippen LogP contribution in [0, 0.1) is 5.92 Å². The van der Waals surface area contributed by atoms with Gasteiger partial charge >= 0.3 is 6.16 Å². The molecule has 8 nitrogen and oxygen atoms in total. The van der Waals surface area contributed by atoms with Crippen molar-refractivity contribution in [2.75, 3.05) is 39.1 Å². The van der Waals surface area contributed by atoms with Crippen LogP contribution in [0.4, 0.5) is 4.79 Å². The molecule has 1 rings (SSSR count). The molecule has 23 heavy (non-hydrogen) atoms. The van der Waals surface area contributed by atoms with Gasteiger partial charge in [0.15, 0.2) is 0 Å². The van der Waals surface area contributed by atoms with E-state index < -0.39 is 22.3 Å². The Bertz CT molecular complexity index is 448. The highest BCUT2D eigenvalue weighted by atomic mass is 32.2. The van der Waals surface area contributed by atoms with Crippen LogP contribution in [0.3, 0.4) is 0 Å². The van der Waals surface area contributed by atoms with Crippen molar-refractivity contribution in [3.05, 3.63) is 0 Å². The third-order valence-electron chi connectivity index (χ3n) is 3.32. The standard InChI is InChI=1S/C14H28N2O6S/c1-11(2)22-13(8-16-23(3,18)19)10-21-14(17)20-9-12-4-6-15-7-5-12/h11-13,15-16H,4-10H2,1-3H3/t13-/m0/s1. The summed E-state index contributed by atoms with van der Waals surface area (Å²) < 4.78 is 40.3. The Kier molecular flexibility index (Phi) is 8.82. The summed E-state index contributed by atoms with van der Waals surface area (Å²) in [5.74, 6) is 0.360. The van der Waals surface area contributed by atoms with Crippen molar-refractivity contribution in [1.82, 2.24) is 10.0 Å². The number of rotatable bonds is 9. The number of sulfonamides is 1. The average Bonchev–Trinajstić information content (AvgIpc) is 2.47. The van der Waals surface area contributed by atoms with Crippen molar-refractivity contribution in [1.29, 1.82) is 0 Å². The van der Waals surface area contributed by atoms with Crippen LogP contribution in [0.1, 0.15) is 26.7 Å². The van der Waals surface area contributed by atoms with Crippen LogP contribution >= 0.6 is 0 Å². The van der Waals surface area contributed by atoms with Crippen LogP contribution in [-0.4, -0.2) is 65.9 Å². The lowest BCUT2D eigenvalue weighted by atomic mass is 9.99. The molecule has 1 atom stereocenters. The first-order valence-electron chi connectivity index (χ1n) is 7.86. The summed E-state index contributed by atoms with van der Waals surface area (Å²) in [6.07, 6.45) is 1.59. The Hall–Kier alpha value is -0.900. The molecule has 0 aromatic heterocycles. The van der Waals surface area contributed by atoms with Gasteiger partial charge in [0, 0.05) is 6.54 Å². The summed E-state index contributed by atoms with van der Waals surface area (Å²) in [4.78, 5) is 11.6. The lowest BCUT2D eigenvalue weighted by Crippen LogP contribution is -2.38. The molecule has 0 unspecified atom stereocenters. The van der Waals surface area contributed by atoms with Crippen LogP contribution in [0.2, 0.25) is 0 Å². The van der Waals surface area contributed by atoms with Crippen molar-refractivity contribution in [2.45, 2.75) is 38.9 Å². The Morgan fingerprint density at radius 1 is 1.26 bits per heavy atom. The van der Waals surface area contributed by atoms with Gasteiger partial charge in [0.1, 0.15) is 12.7 Å². The highest BCUT2D eigenvalue weighted by molar-refractivity contribution is 7.88. The zero-order chi connectivity index (χ0) is 17.3. The molecule has 1 fully saturated rings. The molecule has 1 aliphatic heterocycles. The Morgan fingerprint density at radius 3 is 2.48 bits per heavy atom. The monoisotopic (exact) mass is 352 g/mol. The zero-order valence-corrected chi connectivity index (χ0v) is 14.9. The molecular weight excluding hydrogens is 324 g/mol. The maximum Gasteiger partial charge on any atom is 0.508 e. The van der Waals surface area contributed by atoms with Gasteiger partial charge in [-0.15, -0.1) is 0 Å². The van der Waals surface area contributed by atoms with Crippen LogP contribution in [0.5, 0.6) is 0 Å². The molecule has 9 heteroatoms. The van der Waals surface area contributed by atoms with Crippen LogP contribution in [0.15, 0.2) is 0 Å². The summed E-state index contributed by atoms with van der Waals surface area (Å²) in [5, 5.41) is 3.24. The number of hydrogen-bond donors (Lipinski definition) is 2. The SMILES string of the molecule is CC(C)O[C@@H](CNS(C)(=O)=O)COC(=O)OCC1CCNCC1. The number of carbonyl (C=O) groups excluding carboxylic acids is 1. The molecule has 1 saturated heterocycles. The molecule has 2 N–H and O–H groups in total. The fraction of sp³-hybridized carbons (Fsp3) is 0.929. The van der Waals surface area contributed by atoms with Gasteiger partial charge < -0.3 is 19.5 Å². The topological polar surface area (TPSA) is 103 Å². The fourth-order valence-corrected chi connectivity index (χ4v) is 2.70. The first-order chi connectivity index (χ1) is 10.8.